The lowest BCUT2D eigenvalue weighted by atomic mass is 9.76. The summed E-state index contributed by atoms with van der Waals surface area (Å²) in [5, 5.41) is 25.3. The monoisotopic (exact) mass is 358 g/mol. The molecule has 25 heavy (non-hydrogen) atoms. The Morgan fingerprint density at radius 1 is 1.28 bits per heavy atom. The smallest absolute Gasteiger partial charge is 0.426 e. The van der Waals surface area contributed by atoms with E-state index in [1.165, 1.54) is 16.2 Å². The van der Waals surface area contributed by atoms with Crippen LogP contribution in [-0.4, -0.2) is 41.5 Å². The predicted molar refractivity (Wildman–Crippen MR) is 99.1 cm³/mol. The summed E-state index contributed by atoms with van der Waals surface area (Å²) in [5.74, 6) is -1.77. The van der Waals surface area contributed by atoms with Crippen molar-refractivity contribution in [2.75, 3.05) is 11.4 Å². The minimum atomic E-state index is -1.70. The quantitative estimate of drug-likeness (QED) is 0.485. The number of para-hydroxylation sites is 1. The van der Waals surface area contributed by atoms with Gasteiger partial charge in [-0.15, -0.1) is 0 Å². The molecule has 0 fully saturated rings. The van der Waals surface area contributed by atoms with E-state index in [4.69, 9.17) is 0 Å². The highest BCUT2D eigenvalue weighted by Gasteiger charge is 2.27. The first-order valence-electron chi connectivity index (χ1n) is 7.67. The summed E-state index contributed by atoms with van der Waals surface area (Å²) in [5.41, 5.74) is 1.45. The molecule has 1 aromatic carbocycles. The Morgan fingerprint density at radius 3 is 2.56 bits per heavy atom. The van der Waals surface area contributed by atoms with E-state index >= 15 is 0 Å². The van der Waals surface area contributed by atoms with E-state index in [9.17, 15) is 19.6 Å². The molecule has 2 aromatic rings. The Balaban J connectivity index is 2.06. The van der Waals surface area contributed by atoms with Crippen LogP contribution in [0.25, 0.3) is 0 Å². The SMILES string of the molecule is C=CC(=O)N(CC(=O)N[C@@H](Cc1ccsc1)B(O)O)c1ccccc1. The number of amides is 2. The molecule has 1 heterocycles. The summed E-state index contributed by atoms with van der Waals surface area (Å²) in [7, 11) is -1.70. The van der Waals surface area contributed by atoms with Gasteiger partial charge in [0.25, 0.3) is 5.91 Å². The van der Waals surface area contributed by atoms with E-state index in [0.717, 1.165) is 11.6 Å². The fourth-order valence-electron chi connectivity index (χ4n) is 2.30. The first-order chi connectivity index (χ1) is 12.0. The minimum Gasteiger partial charge on any atom is -0.426 e. The zero-order valence-corrected chi connectivity index (χ0v) is 14.4. The van der Waals surface area contributed by atoms with Gasteiger partial charge in [0.15, 0.2) is 0 Å². The van der Waals surface area contributed by atoms with Crippen LogP contribution in [0.4, 0.5) is 5.69 Å². The molecule has 2 amide bonds. The lowest BCUT2D eigenvalue weighted by Gasteiger charge is -2.23. The Kier molecular flexibility index (Phi) is 6.94. The zero-order valence-electron chi connectivity index (χ0n) is 13.5. The first kappa shape index (κ1) is 18.9. The zero-order chi connectivity index (χ0) is 18.2. The Labute approximate surface area is 150 Å². The maximum absolute atomic E-state index is 12.3. The van der Waals surface area contributed by atoms with Crippen molar-refractivity contribution in [3.05, 3.63) is 65.4 Å². The predicted octanol–water partition coefficient (Wildman–Crippen LogP) is 1.01. The molecule has 2 rings (SSSR count). The third kappa shape index (κ3) is 5.56. The number of nitrogens with zero attached hydrogens (tertiary/aromatic N) is 1. The lowest BCUT2D eigenvalue weighted by Crippen LogP contribution is -2.51. The van der Waals surface area contributed by atoms with E-state index in [1.807, 2.05) is 16.8 Å². The van der Waals surface area contributed by atoms with Crippen molar-refractivity contribution in [2.45, 2.75) is 12.4 Å². The van der Waals surface area contributed by atoms with Crippen LogP contribution in [0.1, 0.15) is 5.56 Å². The van der Waals surface area contributed by atoms with Crippen LogP contribution < -0.4 is 10.2 Å². The van der Waals surface area contributed by atoms with Gasteiger partial charge in [0.05, 0.1) is 5.94 Å². The normalized spacial score (nSPS) is 11.4. The summed E-state index contributed by atoms with van der Waals surface area (Å²) in [6, 6.07) is 10.6. The number of hydrogen-bond acceptors (Lipinski definition) is 5. The van der Waals surface area contributed by atoms with Gasteiger partial charge in [-0.25, -0.2) is 0 Å². The van der Waals surface area contributed by atoms with Crippen molar-refractivity contribution in [1.82, 2.24) is 5.32 Å². The number of carbonyl (C=O) groups is 2. The Hall–Kier alpha value is -2.42. The van der Waals surface area contributed by atoms with Crippen molar-refractivity contribution in [3.8, 4) is 0 Å². The second-order valence-electron chi connectivity index (χ2n) is 5.39. The Morgan fingerprint density at radius 2 is 2.00 bits per heavy atom. The molecule has 3 N–H and O–H groups in total. The highest BCUT2D eigenvalue weighted by atomic mass is 32.1. The molecule has 6 nitrogen and oxygen atoms in total. The van der Waals surface area contributed by atoms with E-state index < -0.39 is 24.9 Å². The van der Waals surface area contributed by atoms with Gasteiger partial charge >= 0.3 is 7.12 Å². The molecule has 8 heteroatoms. The highest BCUT2D eigenvalue weighted by Crippen LogP contribution is 2.14. The van der Waals surface area contributed by atoms with Crippen molar-refractivity contribution < 1.29 is 19.6 Å². The molecular formula is C17H19BN2O4S. The van der Waals surface area contributed by atoms with Gasteiger partial charge in [-0.1, -0.05) is 24.8 Å². The largest absolute Gasteiger partial charge is 0.475 e. The fourth-order valence-corrected chi connectivity index (χ4v) is 2.99. The summed E-state index contributed by atoms with van der Waals surface area (Å²) in [6.45, 7) is 3.20. The first-order valence-corrected chi connectivity index (χ1v) is 8.61. The number of benzene rings is 1. The van der Waals surface area contributed by atoms with Crippen LogP contribution >= 0.6 is 11.3 Å². The summed E-state index contributed by atoms with van der Waals surface area (Å²) in [4.78, 5) is 25.7. The van der Waals surface area contributed by atoms with Gasteiger partial charge in [-0.3, -0.25) is 14.5 Å². The van der Waals surface area contributed by atoms with Gasteiger partial charge < -0.3 is 15.4 Å². The second kappa shape index (κ2) is 9.17. The van der Waals surface area contributed by atoms with Crippen molar-refractivity contribution >= 4 is 36.0 Å². The molecule has 0 saturated heterocycles. The molecule has 0 radical (unpaired) electrons. The van der Waals surface area contributed by atoms with Gasteiger partial charge in [-0.05, 0) is 47.0 Å². The average molecular weight is 358 g/mol. The molecule has 0 bridgehead atoms. The number of hydrogen-bond donors (Lipinski definition) is 3. The van der Waals surface area contributed by atoms with Crippen LogP contribution in [0, 0.1) is 0 Å². The molecule has 0 unspecified atom stereocenters. The topological polar surface area (TPSA) is 89.9 Å². The standard InChI is InChI=1S/C17H19BN2O4S/c1-2-17(22)20(14-6-4-3-5-7-14)11-16(21)19-15(18(23)24)10-13-8-9-25-12-13/h2-9,12,15,23-24H,1,10-11H2,(H,19,21)/t15-/m0/s1. The maximum atomic E-state index is 12.3. The third-order valence-electron chi connectivity index (χ3n) is 3.55. The van der Waals surface area contributed by atoms with Gasteiger partial charge in [0, 0.05) is 5.69 Å². The number of thiophene rings is 1. The number of rotatable bonds is 8. The van der Waals surface area contributed by atoms with E-state index in [1.54, 1.807) is 30.3 Å². The van der Waals surface area contributed by atoms with E-state index in [-0.39, 0.29) is 13.0 Å². The second-order valence-corrected chi connectivity index (χ2v) is 6.17. The molecule has 1 aromatic heterocycles. The van der Waals surface area contributed by atoms with Crippen LogP contribution in [0.2, 0.25) is 0 Å². The average Bonchev–Trinajstić information content (AvgIpc) is 3.12. The highest BCUT2D eigenvalue weighted by molar-refractivity contribution is 7.07. The van der Waals surface area contributed by atoms with Gasteiger partial charge in [0.2, 0.25) is 5.91 Å². The van der Waals surface area contributed by atoms with Crippen LogP contribution in [0.5, 0.6) is 0 Å². The molecule has 130 valence electrons. The third-order valence-corrected chi connectivity index (χ3v) is 4.28. The minimum absolute atomic E-state index is 0.248. The maximum Gasteiger partial charge on any atom is 0.475 e. The molecule has 0 saturated carbocycles. The molecule has 0 aliphatic heterocycles. The molecule has 0 aliphatic carbocycles. The summed E-state index contributed by atoms with van der Waals surface area (Å²) < 4.78 is 0. The molecule has 0 spiro atoms. The number of nitrogens with one attached hydrogen (secondary N) is 1. The van der Waals surface area contributed by atoms with Gasteiger partial charge in [0.1, 0.15) is 6.54 Å². The molecule has 1 atom stereocenters. The number of carbonyl (C=O) groups excluding carboxylic acids is 2. The van der Waals surface area contributed by atoms with E-state index in [0.29, 0.717) is 5.69 Å². The fraction of sp³-hybridized carbons (Fsp3) is 0.176. The lowest BCUT2D eigenvalue weighted by molar-refractivity contribution is -0.122. The molecular weight excluding hydrogens is 339 g/mol. The van der Waals surface area contributed by atoms with Crippen LogP contribution in [0.15, 0.2) is 59.8 Å². The van der Waals surface area contributed by atoms with Crippen molar-refractivity contribution in [2.24, 2.45) is 0 Å². The number of anilines is 1. The van der Waals surface area contributed by atoms with Gasteiger partial charge in [-0.2, -0.15) is 11.3 Å². The summed E-state index contributed by atoms with van der Waals surface area (Å²) >= 11 is 1.49. The summed E-state index contributed by atoms with van der Waals surface area (Å²) in [6.07, 6.45) is 1.41. The van der Waals surface area contributed by atoms with E-state index in [2.05, 4.69) is 11.9 Å². The van der Waals surface area contributed by atoms with Crippen molar-refractivity contribution in [3.63, 3.8) is 0 Å². The van der Waals surface area contributed by atoms with Crippen molar-refractivity contribution in [1.29, 1.82) is 0 Å². The molecule has 0 aliphatic rings. The van der Waals surface area contributed by atoms with Crippen LogP contribution in [0.3, 0.4) is 0 Å². The Bertz CT molecular complexity index is 707. The van der Waals surface area contributed by atoms with Crippen LogP contribution in [-0.2, 0) is 16.0 Å².